The summed E-state index contributed by atoms with van der Waals surface area (Å²) in [6.07, 6.45) is 4.36. The third-order valence-electron chi connectivity index (χ3n) is 5.18. The van der Waals surface area contributed by atoms with E-state index in [1.54, 1.807) is 11.1 Å². The van der Waals surface area contributed by atoms with Crippen molar-refractivity contribution in [2.45, 2.75) is 39.2 Å². The number of carbonyl (C=O) groups is 1. The SMILES string of the molecule is CCOc1cc(C)ccc1OCC(=O)N1CCCC[C@@H]1c1nnc(-c2ccccn2)o1. The number of aryl methyl sites for hydroxylation is 1. The van der Waals surface area contributed by atoms with E-state index < -0.39 is 0 Å². The van der Waals surface area contributed by atoms with Gasteiger partial charge >= 0.3 is 0 Å². The summed E-state index contributed by atoms with van der Waals surface area (Å²) in [5, 5.41) is 8.33. The molecule has 1 atom stereocenters. The number of benzene rings is 1. The lowest BCUT2D eigenvalue weighted by Crippen LogP contribution is -2.41. The van der Waals surface area contributed by atoms with Crippen molar-refractivity contribution in [3.8, 4) is 23.1 Å². The third-order valence-corrected chi connectivity index (χ3v) is 5.18. The maximum absolute atomic E-state index is 13.0. The molecule has 0 bridgehead atoms. The molecule has 0 spiro atoms. The monoisotopic (exact) mass is 422 g/mol. The summed E-state index contributed by atoms with van der Waals surface area (Å²) in [5.41, 5.74) is 1.68. The van der Waals surface area contributed by atoms with Gasteiger partial charge in [0.15, 0.2) is 18.1 Å². The lowest BCUT2D eigenvalue weighted by molar-refractivity contribution is -0.137. The molecule has 1 amide bonds. The van der Waals surface area contributed by atoms with E-state index in [0.717, 1.165) is 24.8 Å². The fourth-order valence-electron chi connectivity index (χ4n) is 3.67. The fraction of sp³-hybridized carbons (Fsp3) is 0.391. The van der Waals surface area contributed by atoms with Crippen molar-refractivity contribution in [2.75, 3.05) is 19.8 Å². The van der Waals surface area contributed by atoms with Crippen LogP contribution < -0.4 is 9.47 Å². The summed E-state index contributed by atoms with van der Waals surface area (Å²) in [6, 6.07) is 10.9. The molecule has 0 unspecified atom stereocenters. The van der Waals surface area contributed by atoms with Gasteiger partial charge in [-0.2, -0.15) is 0 Å². The molecule has 0 radical (unpaired) electrons. The maximum atomic E-state index is 13.0. The lowest BCUT2D eigenvalue weighted by Gasteiger charge is -2.33. The van der Waals surface area contributed by atoms with Gasteiger partial charge in [0.2, 0.25) is 5.89 Å². The van der Waals surface area contributed by atoms with Gasteiger partial charge in [0.1, 0.15) is 11.7 Å². The van der Waals surface area contributed by atoms with Crippen molar-refractivity contribution in [2.24, 2.45) is 0 Å². The second-order valence-electron chi connectivity index (χ2n) is 7.43. The molecule has 1 fully saturated rings. The highest BCUT2D eigenvalue weighted by Crippen LogP contribution is 2.32. The predicted molar refractivity (Wildman–Crippen MR) is 114 cm³/mol. The molecule has 31 heavy (non-hydrogen) atoms. The summed E-state index contributed by atoms with van der Waals surface area (Å²) in [7, 11) is 0. The molecular formula is C23H26N4O4. The maximum Gasteiger partial charge on any atom is 0.266 e. The number of amides is 1. The van der Waals surface area contributed by atoms with Gasteiger partial charge in [-0.05, 0) is 62.9 Å². The molecule has 0 aliphatic carbocycles. The van der Waals surface area contributed by atoms with Crippen LogP contribution in [-0.4, -0.2) is 45.7 Å². The average Bonchev–Trinajstić information content (AvgIpc) is 3.29. The highest BCUT2D eigenvalue weighted by atomic mass is 16.5. The Bertz CT molecular complexity index is 1020. The van der Waals surface area contributed by atoms with E-state index in [2.05, 4.69) is 15.2 Å². The van der Waals surface area contributed by atoms with E-state index in [4.69, 9.17) is 13.9 Å². The van der Waals surface area contributed by atoms with Crippen molar-refractivity contribution >= 4 is 5.91 Å². The van der Waals surface area contributed by atoms with Crippen LogP contribution in [0.5, 0.6) is 11.5 Å². The summed E-state index contributed by atoms with van der Waals surface area (Å²) in [4.78, 5) is 19.0. The standard InChI is InChI=1S/C23H26N4O4/c1-3-29-20-14-16(2)10-11-19(20)30-15-21(28)27-13-7-5-9-18(27)23-26-25-22(31-23)17-8-4-6-12-24-17/h4,6,8,10-12,14,18H,3,5,7,9,13,15H2,1-2H3/t18-/m1/s1. The number of hydrogen-bond acceptors (Lipinski definition) is 7. The summed E-state index contributed by atoms with van der Waals surface area (Å²) in [5.74, 6) is 1.86. The Morgan fingerprint density at radius 2 is 2.06 bits per heavy atom. The molecule has 1 saturated heterocycles. The minimum Gasteiger partial charge on any atom is -0.490 e. The molecule has 3 aromatic rings. The summed E-state index contributed by atoms with van der Waals surface area (Å²) in [6.45, 7) is 4.97. The Labute approximate surface area is 181 Å². The highest BCUT2D eigenvalue weighted by Gasteiger charge is 2.32. The number of aromatic nitrogens is 3. The van der Waals surface area contributed by atoms with Crippen molar-refractivity contribution in [1.82, 2.24) is 20.1 Å². The van der Waals surface area contributed by atoms with Crippen LogP contribution in [-0.2, 0) is 4.79 Å². The zero-order chi connectivity index (χ0) is 21.6. The Hall–Kier alpha value is -3.42. The Morgan fingerprint density at radius 1 is 1.16 bits per heavy atom. The molecule has 162 valence electrons. The molecule has 0 saturated carbocycles. The average molecular weight is 422 g/mol. The van der Waals surface area contributed by atoms with Crippen LogP contribution in [0.3, 0.4) is 0 Å². The van der Waals surface area contributed by atoms with Gasteiger partial charge in [0.05, 0.1) is 6.61 Å². The van der Waals surface area contributed by atoms with Gasteiger partial charge < -0.3 is 18.8 Å². The minimum atomic E-state index is -0.265. The van der Waals surface area contributed by atoms with Crippen LogP contribution in [0.15, 0.2) is 47.0 Å². The third kappa shape index (κ3) is 4.84. The molecule has 1 aliphatic rings. The normalized spacial score (nSPS) is 16.2. The molecular weight excluding hydrogens is 396 g/mol. The molecule has 3 heterocycles. The number of rotatable bonds is 7. The van der Waals surface area contributed by atoms with Crippen LogP contribution in [0, 0.1) is 6.92 Å². The van der Waals surface area contributed by atoms with Gasteiger partial charge in [0.25, 0.3) is 11.8 Å². The number of piperidine rings is 1. The van der Waals surface area contributed by atoms with Crippen LogP contribution in [0.4, 0.5) is 0 Å². The van der Waals surface area contributed by atoms with Gasteiger partial charge in [-0.15, -0.1) is 10.2 Å². The second-order valence-corrected chi connectivity index (χ2v) is 7.43. The quantitative estimate of drug-likeness (QED) is 0.569. The largest absolute Gasteiger partial charge is 0.490 e. The van der Waals surface area contributed by atoms with E-state index in [9.17, 15) is 4.79 Å². The fourth-order valence-corrected chi connectivity index (χ4v) is 3.67. The van der Waals surface area contributed by atoms with E-state index >= 15 is 0 Å². The highest BCUT2D eigenvalue weighted by molar-refractivity contribution is 5.78. The van der Waals surface area contributed by atoms with Crippen LogP contribution in [0.1, 0.15) is 43.7 Å². The number of nitrogens with zero attached hydrogens (tertiary/aromatic N) is 4. The van der Waals surface area contributed by atoms with Gasteiger partial charge in [-0.25, -0.2) is 0 Å². The molecule has 4 rings (SSSR count). The molecule has 8 heteroatoms. The Kier molecular flexibility index (Phi) is 6.45. The Morgan fingerprint density at radius 3 is 2.87 bits per heavy atom. The zero-order valence-corrected chi connectivity index (χ0v) is 17.8. The van der Waals surface area contributed by atoms with Crippen molar-refractivity contribution in [3.63, 3.8) is 0 Å². The van der Waals surface area contributed by atoms with Gasteiger partial charge in [-0.1, -0.05) is 12.1 Å². The van der Waals surface area contributed by atoms with E-state index in [1.165, 1.54) is 0 Å². The first-order valence-corrected chi connectivity index (χ1v) is 10.6. The minimum absolute atomic E-state index is 0.0825. The smallest absolute Gasteiger partial charge is 0.266 e. The Balaban J connectivity index is 1.47. The number of ether oxygens (including phenoxy) is 2. The van der Waals surface area contributed by atoms with Crippen LogP contribution in [0.25, 0.3) is 11.6 Å². The summed E-state index contributed by atoms with van der Waals surface area (Å²) >= 11 is 0. The topological polar surface area (TPSA) is 90.6 Å². The van der Waals surface area contributed by atoms with E-state index in [0.29, 0.717) is 42.1 Å². The summed E-state index contributed by atoms with van der Waals surface area (Å²) < 4.78 is 17.3. The molecule has 8 nitrogen and oxygen atoms in total. The van der Waals surface area contributed by atoms with Crippen molar-refractivity contribution in [3.05, 3.63) is 54.0 Å². The molecule has 1 aromatic carbocycles. The first-order chi connectivity index (χ1) is 15.2. The molecule has 0 N–H and O–H groups in total. The molecule has 2 aromatic heterocycles. The van der Waals surface area contributed by atoms with Gasteiger partial charge in [0, 0.05) is 12.7 Å². The van der Waals surface area contributed by atoms with Gasteiger partial charge in [-0.3, -0.25) is 9.78 Å². The predicted octanol–water partition coefficient (Wildman–Crippen LogP) is 3.97. The van der Waals surface area contributed by atoms with Crippen LogP contribution in [0.2, 0.25) is 0 Å². The first-order valence-electron chi connectivity index (χ1n) is 10.6. The molecule has 1 aliphatic heterocycles. The number of pyridine rings is 1. The lowest BCUT2D eigenvalue weighted by atomic mass is 10.0. The number of hydrogen-bond donors (Lipinski definition) is 0. The number of carbonyl (C=O) groups excluding carboxylic acids is 1. The zero-order valence-electron chi connectivity index (χ0n) is 17.8. The van der Waals surface area contributed by atoms with Crippen molar-refractivity contribution < 1.29 is 18.7 Å². The van der Waals surface area contributed by atoms with E-state index in [-0.39, 0.29) is 18.6 Å². The second kappa shape index (κ2) is 9.59. The number of likely N-dealkylation sites (tertiary alicyclic amines) is 1. The first kappa shape index (κ1) is 20.8. The van der Waals surface area contributed by atoms with Crippen LogP contribution >= 0.6 is 0 Å². The van der Waals surface area contributed by atoms with Crippen molar-refractivity contribution in [1.29, 1.82) is 0 Å². The van der Waals surface area contributed by atoms with E-state index in [1.807, 2.05) is 50.2 Å².